The third-order valence-electron chi connectivity index (χ3n) is 7.62. The molecule has 5 rings (SSSR count). The van der Waals surface area contributed by atoms with Crippen LogP contribution in [-0.2, 0) is 29.1 Å². The molecule has 0 spiro atoms. The lowest BCUT2D eigenvalue weighted by molar-refractivity contribution is -0.385. The third-order valence-corrected chi connectivity index (χ3v) is 7.62. The van der Waals surface area contributed by atoms with E-state index in [0.29, 0.717) is 29.1 Å². The van der Waals surface area contributed by atoms with E-state index in [0.717, 1.165) is 16.9 Å². The number of nitro benzene ring substituents is 2. The number of fused-ring (bicyclic) bond motifs is 1. The summed E-state index contributed by atoms with van der Waals surface area (Å²) in [5.74, 6) is -2.08. The van der Waals surface area contributed by atoms with E-state index in [2.05, 4.69) is 4.98 Å². The first-order chi connectivity index (χ1) is 20.6. The topological polar surface area (TPSA) is 171 Å². The van der Waals surface area contributed by atoms with E-state index in [1.807, 2.05) is 29.7 Å². The van der Waals surface area contributed by atoms with E-state index in [4.69, 9.17) is 4.74 Å². The number of benzene rings is 3. The number of aromatic nitrogens is 2. The predicted octanol–water partition coefficient (Wildman–Crippen LogP) is 4.23. The maximum Gasteiger partial charge on any atom is 0.326 e. The van der Waals surface area contributed by atoms with Crippen molar-refractivity contribution in [2.75, 3.05) is 7.11 Å². The van der Waals surface area contributed by atoms with Crippen LogP contribution in [0.2, 0.25) is 0 Å². The fraction of sp³-hybridized carbons (Fsp3) is 0.233. The molecule has 4 aromatic rings. The minimum Gasteiger partial charge on any atom is -0.496 e. The minimum absolute atomic E-state index is 0.0127. The highest BCUT2D eigenvalue weighted by Gasteiger charge is 2.40. The van der Waals surface area contributed by atoms with Crippen molar-refractivity contribution in [1.82, 2.24) is 14.5 Å². The summed E-state index contributed by atoms with van der Waals surface area (Å²) < 4.78 is 7.21. The third kappa shape index (κ3) is 5.77. The maximum atomic E-state index is 14.2. The van der Waals surface area contributed by atoms with E-state index in [1.165, 1.54) is 53.4 Å². The number of non-ortho nitro benzene ring substituents is 2. The number of carboxylic acid groups (broad SMARTS) is 1. The van der Waals surface area contributed by atoms with Crippen LogP contribution in [0.1, 0.15) is 39.6 Å². The predicted molar refractivity (Wildman–Crippen MR) is 153 cm³/mol. The highest BCUT2D eigenvalue weighted by atomic mass is 16.6. The number of nitro groups is 2. The van der Waals surface area contributed by atoms with Crippen LogP contribution in [0.4, 0.5) is 11.4 Å². The van der Waals surface area contributed by atoms with Crippen LogP contribution in [0.15, 0.2) is 73.1 Å². The number of aryl methyl sites for hydroxylation is 1. The van der Waals surface area contributed by atoms with Crippen LogP contribution in [0.5, 0.6) is 5.75 Å². The molecule has 1 unspecified atom stereocenters. The SMILES string of the molecule is COc1ccc(Cn2cnc3c2CC(C(=O)O)N(C(=O)C(c2ccc([N+](=O)[O-])cc2)c2ccc([N+](=O)[O-])cc2)C3)cc1C. The number of ether oxygens (including phenoxy) is 1. The fourth-order valence-electron chi connectivity index (χ4n) is 5.43. The van der Waals surface area contributed by atoms with Crippen molar-refractivity contribution in [3.63, 3.8) is 0 Å². The van der Waals surface area contributed by atoms with Gasteiger partial charge in [-0.3, -0.25) is 25.0 Å². The van der Waals surface area contributed by atoms with Crippen LogP contribution < -0.4 is 4.74 Å². The summed E-state index contributed by atoms with van der Waals surface area (Å²) in [7, 11) is 1.60. The molecule has 1 aromatic heterocycles. The number of methoxy groups -OCH3 is 1. The van der Waals surface area contributed by atoms with Crippen molar-refractivity contribution in [2.24, 2.45) is 0 Å². The molecular weight excluding hydrogens is 558 g/mol. The quantitative estimate of drug-likeness (QED) is 0.223. The molecule has 2 heterocycles. The molecular formula is C30H27N5O8. The second-order valence-corrected chi connectivity index (χ2v) is 10.2. The molecule has 1 aliphatic rings. The van der Waals surface area contributed by atoms with Crippen molar-refractivity contribution in [3.05, 3.63) is 127 Å². The van der Waals surface area contributed by atoms with Gasteiger partial charge in [-0.25, -0.2) is 9.78 Å². The molecule has 0 bridgehead atoms. The van der Waals surface area contributed by atoms with Gasteiger partial charge in [0, 0.05) is 42.9 Å². The van der Waals surface area contributed by atoms with Gasteiger partial charge in [0.05, 0.1) is 41.4 Å². The van der Waals surface area contributed by atoms with Gasteiger partial charge in [-0.1, -0.05) is 36.4 Å². The number of aliphatic carboxylic acids is 1. The second kappa shape index (κ2) is 11.7. The molecule has 1 N–H and O–H groups in total. The molecule has 43 heavy (non-hydrogen) atoms. The lowest BCUT2D eigenvalue weighted by Crippen LogP contribution is -2.50. The smallest absolute Gasteiger partial charge is 0.326 e. The largest absolute Gasteiger partial charge is 0.496 e. The Bertz CT molecular complexity index is 1660. The summed E-state index contributed by atoms with van der Waals surface area (Å²) in [6.07, 6.45) is 1.64. The number of carboxylic acids is 1. The molecule has 3 aromatic carbocycles. The number of imidazole rings is 1. The highest BCUT2D eigenvalue weighted by Crippen LogP contribution is 2.33. The van der Waals surface area contributed by atoms with E-state index in [9.17, 15) is 34.9 Å². The minimum atomic E-state index is -1.22. The molecule has 1 amide bonds. The Morgan fingerprint density at radius 2 is 1.58 bits per heavy atom. The molecule has 0 radical (unpaired) electrons. The number of nitrogens with zero attached hydrogens (tertiary/aromatic N) is 5. The van der Waals surface area contributed by atoms with Crippen molar-refractivity contribution < 1.29 is 29.3 Å². The molecule has 0 aliphatic carbocycles. The van der Waals surface area contributed by atoms with Crippen LogP contribution >= 0.6 is 0 Å². The van der Waals surface area contributed by atoms with Gasteiger partial charge in [0.15, 0.2) is 0 Å². The van der Waals surface area contributed by atoms with E-state index >= 15 is 0 Å². The average molecular weight is 586 g/mol. The molecule has 1 aliphatic heterocycles. The summed E-state index contributed by atoms with van der Waals surface area (Å²) in [6, 6.07) is 15.3. The zero-order chi connectivity index (χ0) is 30.8. The average Bonchev–Trinajstić information content (AvgIpc) is 3.38. The molecule has 13 heteroatoms. The number of rotatable bonds is 9. The molecule has 0 saturated heterocycles. The first-order valence-electron chi connectivity index (χ1n) is 13.3. The van der Waals surface area contributed by atoms with Crippen molar-refractivity contribution in [3.8, 4) is 5.75 Å². The van der Waals surface area contributed by atoms with Gasteiger partial charge in [0.2, 0.25) is 5.91 Å². The zero-order valence-corrected chi connectivity index (χ0v) is 23.2. The van der Waals surface area contributed by atoms with Crippen LogP contribution in [-0.4, -0.2) is 54.4 Å². The normalized spacial score (nSPS) is 14.3. The zero-order valence-electron chi connectivity index (χ0n) is 23.2. The fourth-order valence-corrected chi connectivity index (χ4v) is 5.43. The van der Waals surface area contributed by atoms with E-state index in [-0.39, 0.29) is 24.3 Å². The van der Waals surface area contributed by atoms with Gasteiger partial charge in [-0.15, -0.1) is 0 Å². The van der Waals surface area contributed by atoms with Crippen LogP contribution in [0.25, 0.3) is 0 Å². The Kier molecular flexibility index (Phi) is 7.88. The summed E-state index contributed by atoms with van der Waals surface area (Å²) in [6.45, 7) is 2.31. The maximum absolute atomic E-state index is 14.2. The second-order valence-electron chi connectivity index (χ2n) is 10.2. The van der Waals surface area contributed by atoms with Gasteiger partial charge in [-0.05, 0) is 35.2 Å². The van der Waals surface area contributed by atoms with E-state index in [1.54, 1.807) is 13.4 Å². The van der Waals surface area contributed by atoms with Gasteiger partial charge < -0.3 is 19.3 Å². The van der Waals surface area contributed by atoms with Crippen molar-refractivity contribution in [1.29, 1.82) is 0 Å². The first-order valence-corrected chi connectivity index (χ1v) is 13.3. The van der Waals surface area contributed by atoms with E-state index < -0.39 is 33.7 Å². The van der Waals surface area contributed by atoms with Crippen molar-refractivity contribution >= 4 is 23.3 Å². The lowest BCUT2D eigenvalue weighted by atomic mass is 9.88. The van der Waals surface area contributed by atoms with Crippen molar-refractivity contribution in [2.45, 2.75) is 38.4 Å². The summed E-state index contributed by atoms with van der Waals surface area (Å²) in [4.78, 5) is 53.8. The number of hydrogen-bond donors (Lipinski definition) is 1. The Balaban J connectivity index is 1.50. The summed E-state index contributed by atoms with van der Waals surface area (Å²) >= 11 is 0. The standard InChI is InChI=1S/C30H27N5O8/c1-18-13-19(3-12-27(18)43-2)15-32-17-31-24-16-33(26(30(37)38)14-25(24)32)29(36)28(20-4-8-22(9-5-20)34(39)40)21-6-10-23(11-7-21)35(41)42/h3-13,17,26,28H,14-16H2,1-2H3,(H,37,38). The number of carbonyl (C=O) groups excluding carboxylic acids is 1. The van der Waals surface area contributed by atoms with Crippen LogP contribution in [0, 0.1) is 27.2 Å². The van der Waals surface area contributed by atoms with Gasteiger partial charge in [0.25, 0.3) is 11.4 Å². The first kappa shape index (κ1) is 28.9. The molecule has 220 valence electrons. The monoisotopic (exact) mass is 585 g/mol. The molecule has 0 saturated carbocycles. The Morgan fingerprint density at radius 1 is 1.00 bits per heavy atom. The van der Waals surface area contributed by atoms with Gasteiger partial charge in [0.1, 0.15) is 11.8 Å². The molecule has 1 atom stereocenters. The Labute approximate surface area is 245 Å². The number of carbonyl (C=O) groups is 2. The van der Waals surface area contributed by atoms with Gasteiger partial charge >= 0.3 is 5.97 Å². The number of hydrogen-bond acceptors (Lipinski definition) is 8. The lowest BCUT2D eigenvalue weighted by Gasteiger charge is -2.35. The summed E-state index contributed by atoms with van der Waals surface area (Å²) in [5, 5.41) is 32.7. The summed E-state index contributed by atoms with van der Waals surface area (Å²) in [5.41, 5.74) is 3.58. The highest BCUT2D eigenvalue weighted by molar-refractivity contribution is 5.91. The molecule has 13 nitrogen and oxygen atoms in total. The number of amides is 1. The molecule has 0 fully saturated rings. The Hall–Kier alpha value is -5.59. The Morgan fingerprint density at radius 3 is 2.07 bits per heavy atom. The van der Waals surface area contributed by atoms with Gasteiger partial charge in [-0.2, -0.15) is 0 Å². The van der Waals surface area contributed by atoms with Crippen LogP contribution in [0.3, 0.4) is 0 Å².